The Labute approximate surface area is 214 Å². The van der Waals surface area contributed by atoms with Crippen molar-refractivity contribution in [1.29, 1.82) is 0 Å². The molecule has 2 aromatic rings. The average molecular weight is 523 g/mol. The smallest absolute Gasteiger partial charge is 0.408 e. The van der Waals surface area contributed by atoms with Crippen LogP contribution in [0.3, 0.4) is 0 Å². The molecule has 0 unspecified atom stereocenters. The minimum atomic E-state index is -4.55. The van der Waals surface area contributed by atoms with Crippen LogP contribution in [-0.4, -0.2) is 88.0 Å². The van der Waals surface area contributed by atoms with Gasteiger partial charge in [-0.2, -0.15) is 18.3 Å². The van der Waals surface area contributed by atoms with Gasteiger partial charge in [-0.25, -0.2) is 9.97 Å². The number of carbonyl (C=O) groups is 1. The second-order valence-electron chi connectivity index (χ2n) is 10.4. The third kappa shape index (κ3) is 6.47. The lowest BCUT2D eigenvalue weighted by Gasteiger charge is -2.50. The normalized spacial score (nSPS) is 17.0. The summed E-state index contributed by atoms with van der Waals surface area (Å²) in [6, 6.07) is -2.00. The molecule has 1 atom stereocenters. The lowest BCUT2D eigenvalue weighted by Crippen LogP contribution is -2.63. The number of rotatable bonds is 10. The summed E-state index contributed by atoms with van der Waals surface area (Å²) in [5, 5.41) is 16.7. The number of hydrogen-bond acceptors (Lipinski definition) is 8. The molecule has 0 radical (unpaired) electrons. The van der Waals surface area contributed by atoms with Gasteiger partial charge < -0.3 is 25.0 Å². The first-order valence-electron chi connectivity index (χ1n) is 11.8. The number of hydrogen-bond donors (Lipinski definition) is 2. The third-order valence-corrected chi connectivity index (χ3v) is 6.85. The molecule has 0 spiro atoms. The first kappa shape index (κ1) is 28.6. The van der Waals surface area contributed by atoms with Crippen molar-refractivity contribution in [3.05, 3.63) is 30.5 Å². The number of halogens is 3. The maximum absolute atomic E-state index is 12.7. The summed E-state index contributed by atoms with van der Waals surface area (Å²) >= 11 is 0. The van der Waals surface area contributed by atoms with E-state index in [4.69, 9.17) is 4.65 Å². The van der Waals surface area contributed by atoms with Crippen LogP contribution in [0.1, 0.15) is 51.5 Å². The van der Waals surface area contributed by atoms with Gasteiger partial charge in [0.05, 0.1) is 23.6 Å². The second kappa shape index (κ2) is 10.4. The van der Waals surface area contributed by atoms with Gasteiger partial charge in [0.25, 0.3) is 5.91 Å². The van der Waals surface area contributed by atoms with Crippen molar-refractivity contribution in [3.63, 3.8) is 0 Å². The molecule has 202 valence electrons. The molecular weight excluding hydrogens is 490 g/mol. The van der Waals surface area contributed by atoms with Crippen LogP contribution in [0.25, 0.3) is 0 Å². The fourth-order valence-electron chi connectivity index (χ4n) is 3.54. The highest BCUT2D eigenvalue weighted by molar-refractivity contribution is 6.46. The highest BCUT2D eigenvalue weighted by Gasteiger charge is 2.46. The Kier molecular flexibility index (Phi) is 8.03. The summed E-state index contributed by atoms with van der Waals surface area (Å²) in [6.07, 6.45) is 4.04. The maximum Gasteiger partial charge on any atom is 0.408 e. The summed E-state index contributed by atoms with van der Waals surface area (Å²) in [5.74, 6) is -0.452. The van der Waals surface area contributed by atoms with Gasteiger partial charge in [-0.15, -0.1) is 0 Å². The molecule has 14 heteroatoms. The Bertz CT molecular complexity index is 1110. The zero-order chi connectivity index (χ0) is 27.6. The first-order valence-corrected chi connectivity index (χ1v) is 11.8. The van der Waals surface area contributed by atoms with Gasteiger partial charge in [0.2, 0.25) is 0 Å². The molecule has 3 rings (SSSR count). The predicted molar refractivity (Wildman–Crippen MR) is 135 cm³/mol. The van der Waals surface area contributed by atoms with E-state index in [1.54, 1.807) is 27.1 Å². The summed E-state index contributed by atoms with van der Waals surface area (Å²) in [6.45, 7) is 8.97. The van der Waals surface area contributed by atoms with Crippen molar-refractivity contribution in [2.24, 2.45) is 4.99 Å². The van der Waals surface area contributed by atoms with E-state index in [0.29, 0.717) is 25.3 Å². The standard InChI is InChI=1S/C23H33BF3N7O3/c1-15(23(25,26)27)32-19(35)17-10-30-18(11-29-17)33-13-22(14-33,7-8-28-6)34-12-16(9-31-34)24-37-21(4,5)20(2,3)36/h8-12,15,24,36H,7,13-14H2,1-6H3,(H,32,35)/b28-8-/t15-/m0/s1. The van der Waals surface area contributed by atoms with Crippen LogP contribution < -0.4 is 15.7 Å². The van der Waals surface area contributed by atoms with E-state index in [9.17, 15) is 23.1 Å². The number of anilines is 1. The van der Waals surface area contributed by atoms with E-state index >= 15 is 0 Å². The van der Waals surface area contributed by atoms with Crippen molar-refractivity contribution in [2.75, 3.05) is 25.0 Å². The van der Waals surface area contributed by atoms with Crippen molar-refractivity contribution in [2.45, 2.75) is 70.0 Å². The van der Waals surface area contributed by atoms with E-state index in [-0.39, 0.29) is 13.2 Å². The van der Waals surface area contributed by atoms with Gasteiger partial charge in [0, 0.05) is 45.2 Å². The van der Waals surface area contributed by atoms with E-state index in [0.717, 1.165) is 18.6 Å². The van der Waals surface area contributed by atoms with Crippen molar-refractivity contribution in [1.82, 2.24) is 25.1 Å². The molecule has 0 aliphatic carbocycles. The van der Waals surface area contributed by atoms with E-state index in [1.807, 2.05) is 41.2 Å². The molecule has 10 nitrogen and oxygen atoms in total. The molecule has 1 aliphatic rings. The summed E-state index contributed by atoms with van der Waals surface area (Å²) in [5.41, 5.74) is -1.53. The van der Waals surface area contributed by atoms with Gasteiger partial charge in [-0.3, -0.25) is 9.48 Å². The molecule has 37 heavy (non-hydrogen) atoms. The Morgan fingerprint density at radius 2 is 1.95 bits per heavy atom. The van der Waals surface area contributed by atoms with Crippen LogP contribution in [0.2, 0.25) is 0 Å². The summed E-state index contributed by atoms with van der Waals surface area (Å²) in [7, 11) is 1.97. The molecule has 3 heterocycles. The Balaban J connectivity index is 1.67. The van der Waals surface area contributed by atoms with Crippen LogP contribution in [0.5, 0.6) is 0 Å². The molecule has 0 aromatic carbocycles. The van der Waals surface area contributed by atoms with Gasteiger partial charge in [0.15, 0.2) is 0 Å². The van der Waals surface area contributed by atoms with Gasteiger partial charge in [-0.1, -0.05) is 0 Å². The van der Waals surface area contributed by atoms with Gasteiger partial charge in [0.1, 0.15) is 23.1 Å². The monoisotopic (exact) mass is 523 g/mol. The number of aromatic nitrogens is 4. The highest BCUT2D eigenvalue weighted by Crippen LogP contribution is 2.34. The fourth-order valence-corrected chi connectivity index (χ4v) is 3.54. The van der Waals surface area contributed by atoms with Crippen LogP contribution in [-0.2, 0) is 10.2 Å². The summed E-state index contributed by atoms with van der Waals surface area (Å²) in [4.78, 5) is 26.3. The topological polar surface area (TPSA) is 118 Å². The van der Waals surface area contributed by atoms with Crippen molar-refractivity contribution >= 4 is 30.9 Å². The van der Waals surface area contributed by atoms with Crippen LogP contribution >= 0.6 is 0 Å². The Morgan fingerprint density at radius 3 is 2.49 bits per heavy atom. The van der Waals surface area contributed by atoms with Crippen molar-refractivity contribution < 1.29 is 27.7 Å². The molecule has 1 amide bonds. The molecule has 1 saturated heterocycles. The van der Waals surface area contributed by atoms with Crippen LogP contribution in [0, 0.1) is 0 Å². The number of amides is 1. The SMILES string of the molecule is C/N=C\CC1(n2cc(BOC(C)(C)C(C)(C)O)cn2)CN(c2cnc(C(=O)N[C@@H](C)C(F)(F)F)cn2)C1. The van der Waals surface area contributed by atoms with E-state index in [1.165, 1.54) is 6.20 Å². The highest BCUT2D eigenvalue weighted by atomic mass is 19.4. The number of nitrogens with one attached hydrogen (secondary N) is 1. The zero-order valence-electron chi connectivity index (χ0n) is 21.9. The molecule has 2 aromatic heterocycles. The largest absolute Gasteiger partial charge is 0.427 e. The summed E-state index contributed by atoms with van der Waals surface area (Å²) < 4.78 is 45.9. The predicted octanol–water partition coefficient (Wildman–Crippen LogP) is 1.20. The number of carbonyl (C=O) groups excluding carboxylic acids is 1. The van der Waals surface area contributed by atoms with E-state index in [2.05, 4.69) is 20.1 Å². The van der Waals surface area contributed by atoms with E-state index < -0.39 is 34.9 Å². The molecule has 0 saturated carbocycles. The minimum Gasteiger partial charge on any atom is -0.427 e. The second-order valence-corrected chi connectivity index (χ2v) is 10.4. The lowest BCUT2D eigenvalue weighted by molar-refractivity contribution is -0.149. The number of aliphatic hydroxyl groups is 1. The Hall–Kier alpha value is -3.00. The quantitative estimate of drug-likeness (QED) is 0.355. The zero-order valence-corrected chi connectivity index (χ0v) is 21.9. The Morgan fingerprint density at radius 1 is 1.27 bits per heavy atom. The van der Waals surface area contributed by atoms with Crippen LogP contribution in [0.4, 0.5) is 19.0 Å². The average Bonchev–Trinajstić information content (AvgIpc) is 3.25. The van der Waals surface area contributed by atoms with Gasteiger partial charge >= 0.3 is 13.7 Å². The lowest BCUT2D eigenvalue weighted by atomic mass is 9.83. The number of alkyl halides is 3. The minimum absolute atomic E-state index is 0.199. The molecular formula is C23H33BF3N7O3. The number of aliphatic imine (C=N–C) groups is 1. The molecule has 1 fully saturated rings. The fraction of sp³-hybridized carbons (Fsp3) is 0.609. The number of nitrogens with zero attached hydrogens (tertiary/aromatic N) is 6. The first-order chi connectivity index (χ1) is 17.1. The van der Waals surface area contributed by atoms with Crippen molar-refractivity contribution in [3.8, 4) is 0 Å². The van der Waals surface area contributed by atoms with Crippen LogP contribution in [0.15, 0.2) is 29.8 Å². The molecule has 2 N–H and O–H groups in total. The van der Waals surface area contributed by atoms with Gasteiger partial charge in [-0.05, 0) is 40.1 Å². The molecule has 0 bridgehead atoms. The maximum atomic E-state index is 12.7. The third-order valence-electron chi connectivity index (χ3n) is 6.85. The molecule has 1 aliphatic heterocycles.